The third kappa shape index (κ3) is 4.73. The van der Waals surface area contributed by atoms with Gasteiger partial charge in [-0.3, -0.25) is 4.90 Å². The van der Waals surface area contributed by atoms with E-state index in [2.05, 4.69) is 45.4 Å². The third-order valence-electron chi connectivity index (χ3n) is 5.72. The molecule has 5 heteroatoms. The minimum absolute atomic E-state index is 0.0778. The standard InChI is InChI=1S/C20H32N4O/c1-22(2)11-12-23(3)20(25)21-19-10-9-17-14-24(15-18(17)19)13-16-7-5-4-6-8-16/h4-8,17-19H,9-15H2,1-3H3,(H,21,25)/t17-,18+,19-/m1/s1. The average Bonchev–Trinajstić information content (AvgIpc) is 3.14. The molecule has 138 valence electrons. The number of amides is 2. The second kappa shape index (κ2) is 8.19. The summed E-state index contributed by atoms with van der Waals surface area (Å²) < 4.78 is 0. The van der Waals surface area contributed by atoms with E-state index in [9.17, 15) is 4.79 Å². The molecule has 1 heterocycles. The van der Waals surface area contributed by atoms with Gasteiger partial charge in [0.2, 0.25) is 0 Å². The number of rotatable bonds is 6. The van der Waals surface area contributed by atoms with Gasteiger partial charge in [-0.2, -0.15) is 0 Å². The molecule has 1 N–H and O–H groups in total. The highest BCUT2D eigenvalue weighted by Gasteiger charge is 2.43. The number of nitrogens with zero attached hydrogens (tertiary/aromatic N) is 3. The lowest BCUT2D eigenvalue weighted by molar-refractivity contribution is 0.195. The molecule has 0 aromatic heterocycles. The monoisotopic (exact) mass is 344 g/mol. The molecule has 2 amide bonds. The molecule has 1 aliphatic carbocycles. The van der Waals surface area contributed by atoms with Gasteiger partial charge in [0, 0.05) is 45.8 Å². The number of likely N-dealkylation sites (tertiary alicyclic amines) is 1. The summed E-state index contributed by atoms with van der Waals surface area (Å²) in [5.41, 5.74) is 1.38. The fraction of sp³-hybridized carbons (Fsp3) is 0.650. The summed E-state index contributed by atoms with van der Waals surface area (Å²) in [6.45, 7) is 4.96. The van der Waals surface area contributed by atoms with Gasteiger partial charge in [-0.25, -0.2) is 4.79 Å². The van der Waals surface area contributed by atoms with Gasteiger partial charge in [0.05, 0.1) is 0 Å². The van der Waals surface area contributed by atoms with Crippen LogP contribution in [-0.4, -0.2) is 74.1 Å². The van der Waals surface area contributed by atoms with Crippen LogP contribution in [0, 0.1) is 11.8 Å². The summed E-state index contributed by atoms with van der Waals surface area (Å²) in [5, 5.41) is 3.30. The predicted molar refractivity (Wildman–Crippen MR) is 101 cm³/mol. The topological polar surface area (TPSA) is 38.8 Å². The van der Waals surface area contributed by atoms with Crippen LogP contribution in [0.2, 0.25) is 0 Å². The van der Waals surface area contributed by atoms with Crippen LogP contribution in [0.15, 0.2) is 30.3 Å². The summed E-state index contributed by atoms with van der Waals surface area (Å²) in [6.07, 6.45) is 2.37. The fourth-order valence-corrected chi connectivity index (χ4v) is 4.23. The number of fused-ring (bicyclic) bond motifs is 1. The minimum atomic E-state index is 0.0778. The van der Waals surface area contributed by atoms with Gasteiger partial charge < -0.3 is 15.1 Å². The predicted octanol–water partition coefficient (Wildman–Crippen LogP) is 2.10. The van der Waals surface area contributed by atoms with Crippen molar-refractivity contribution in [3.63, 3.8) is 0 Å². The van der Waals surface area contributed by atoms with Gasteiger partial charge in [0.15, 0.2) is 0 Å². The maximum atomic E-state index is 12.5. The van der Waals surface area contributed by atoms with E-state index in [0.29, 0.717) is 12.0 Å². The molecule has 3 rings (SSSR count). The zero-order chi connectivity index (χ0) is 17.8. The third-order valence-corrected chi connectivity index (χ3v) is 5.72. The molecule has 1 saturated carbocycles. The maximum absolute atomic E-state index is 12.5. The van der Waals surface area contributed by atoms with E-state index in [1.54, 1.807) is 0 Å². The molecule has 0 unspecified atom stereocenters. The second-order valence-corrected chi connectivity index (χ2v) is 7.96. The largest absolute Gasteiger partial charge is 0.335 e. The lowest BCUT2D eigenvalue weighted by atomic mass is 9.98. The number of likely N-dealkylation sites (N-methyl/N-ethyl adjacent to an activating group) is 2. The smallest absolute Gasteiger partial charge is 0.317 e. The Morgan fingerprint density at radius 3 is 2.60 bits per heavy atom. The summed E-state index contributed by atoms with van der Waals surface area (Å²) in [6, 6.07) is 11.1. The zero-order valence-electron chi connectivity index (χ0n) is 15.8. The van der Waals surface area contributed by atoms with Crippen molar-refractivity contribution < 1.29 is 4.79 Å². The van der Waals surface area contributed by atoms with Crippen molar-refractivity contribution in [3.05, 3.63) is 35.9 Å². The van der Waals surface area contributed by atoms with Gasteiger partial charge in [-0.15, -0.1) is 0 Å². The Bertz CT molecular complexity index is 562. The Hall–Kier alpha value is -1.59. The Kier molecular flexibility index (Phi) is 5.97. The molecule has 0 bridgehead atoms. The summed E-state index contributed by atoms with van der Waals surface area (Å²) in [5.74, 6) is 1.34. The number of hydrogen-bond acceptors (Lipinski definition) is 3. The van der Waals surface area contributed by atoms with E-state index in [-0.39, 0.29) is 6.03 Å². The van der Waals surface area contributed by atoms with E-state index in [0.717, 1.165) is 38.5 Å². The average molecular weight is 345 g/mol. The van der Waals surface area contributed by atoms with Crippen LogP contribution in [0.1, 0.15) is 18.4 Å². The van der Waals surface area contributed by atoms with Crippen LogP contribution < -0.4 is 5.32 Å². The van der Waals surface area contributed by atoms with E-state index in [1.807, 2.05) is 26.0 Å². The number of carbonyl (C=O) groups is 1. The van der Waals surface area contributed by atoms with Gasteiger partial charge in [0.1, 0.15) is 0 Å². The molecular formula is C20H32N4O. The Morgan fingerprint density at radius 1 is 1.12 bits per heavy atom. The van der Waals surface area contributed by atoms with Crippen molar-refractivity contribution in [2.24, 2.45) is 11.8 Å². The van der Waals surface area contributed by atoms with Crippen molar-refractivity contribution >= 4 is 6.03 Å². The molecule has 1 aromatic carbocycles. The van der Waals surface area contributed by atoms with Gasteiger partial charge in [-0.1, -0.05) is 30.3 Å². The SMILES string of the molecule is CN(C)CCN(C)C(=O)N[C@@H]1CC[C@@H]2CN(Cc3ccccc3)C[C@@H]21. The molecule has 0 radical (unpaired) electrons. The maximum Gasteiger partial charge on any atom is 0.317 e. The molecule has 0 spiro atoms. The molecule has 2 aliphatic rings. The van der Waals surface area contributed by atoms with Crippen molar-refractivity contribution in [1.29, 1.82) is 0 Å². The summed E-state index contributed by atoms with van der Waals surface area (Å²) >= 11 is 0. The fourth-order valence-electron chi connectivity index (χ4n) is 4.23. The van der Waals surface area contributed by atoms with Crippen molar-refractivity contribution in [1.82, 2.24) is 20.0 Å². The van der Waals surface area contributed by atoms with Crippen LogP contribution in [0.4, 0.5) is 4.79 Å². The van der Waals surface area contributed by atoms with Gasteiger partial charge in [-0.05, 0) is 44.3 Å². The highest BCUT2D eigenvalue weighted by molar-refractivity contribution is 5.74. The number of urea groups is 1. The molecule has 1 aliphatic heterocycles. The lowest BCUT2D eigenvalue weighted by Crippen LogP contribution is -2.47. The van der Waals surface area contributed by atoms with Crippen molar-refractivity contribution in [2.75, 3.05) is 47.3 Å². The zero-order valence-corrected chi connectivity index (χ0v) is 15.8. The van der Waals surface area contributed by atoms with Gasteiger partial charge >= 0.3 is 6.03 Å². The number of benzene rings is 1. The first-order valence-electron chi connectivity index (χ1n) is 9.45. The van der Waals surface area contributed by atoms with Crippen LogP contribution in [0.25, 0.3) is 0 Å². The first-order valence-corrected chi connectivity index (χ1v) is 9.45. The highest BCUT2D eigenvalue weighted by Crippen LogP contribution is 2.38. The minimum Gasteiger partial charge on any atom is -0.335 e. The molecule has 3 atom stereocenters. The number of hydrogen-bond donors (Lipinski definition) is 1. The Balaban J connectivity index is 1.49. The normalized spacial score (nSPS) is 26.0. The first kappa shape index (κ1) is 18.2. The van der Waals surface area contributed by atoms with E-state index in [1.165, 1.54) is 18.5 Å². The molecule has 25 heavy (non-hydrogen) atoms. The summed E-state index contributed by atoms with van der Waals surface area (Å²) in [4.78, 5) is 18.9. The van der Waals surface area contributed by atoms with E-state index in [4.69, 9.17) is 0 Å². The van der Waals surface area contributed by atoms with Crippen molar-refractivity contribution in [2.45, 2.75) is 25.4 Å². The number of carbonyl (C=O) groups excluding carboxylic acids is 1. The van der Waals surface area contributed by atoms with Crippen molar-refractivity contribution in [3.8, 4) is 0 Å². The van der Waals surface area contributed by atoms with Crippen LogP contribution in [-0.2, 0) is 6.54 Å². The molecule has 1 saturated heterocycles. The molecular weight excluding hydrogens is 312 g/mol. The van der Waals surface area contributed by atoms with Crippen LogP contribution in [0.5, 0.6) is 0 Å². The quantitative estimate of drug-likeness (QED) is 0.859. The molecule has 5 nitrogen and oxygen atoms in total. The second-order valence-electron chi connectivity index (χ2n) is 7.96. The summed E-state index contributed by atoms with van der Waals surface area (Å²) in [7, 11) is 5.96. The van der Waals surface area contributed by atoms with E-state index < -0.39 is 0 Å². The molecule has 2 fully saturated rings. The Morgan fingerprint density at radius 2 is 1.88 bits per heavy atom. The van der Waals surface area contributed by atoms with Crippen LogP contribution in [0.3, 0.4) is 0 Å². The highest BCUT2D eigenvalue weighted by atomic mass is 16.2. The van der Waals surface area contributed by atoms with Crippen LogP contribution >= 0.6 is 0 Å². The van der Waals surface area contributed by atoms with E-state index >= 15 is 0 Å². The Labute approximate surface area is 152 Å². The van der Waals surface area contributed by atoms with Gasteiger partial charge in [0.25, 0.3) is 0 Å². The first-order chi connectivity index (χ1) is 12.0. The molecule has 1 aromatic rings. The lowest BCUT2D eigenvalue weighted by Gasteiger charge is -2.26. The number of nitrogens with one attached hydrogen (secondary N) is 1.